The van der Waals surface area contributed by atoms with E-state index in [0.717, 1.165) is 18.5 Å². The monoisotopic (exact) mass is 375 g/mol. The van der Waals surface area contributed by atoms with E-state index in [1.54, 1.807) is 24.8 Å². The summed E-state index contributed by atoms with van der Waals surface area (Å²) in [4.78, 5) is 8.48. The number of imidazole rings is 1. The molecular weight excluding hydrogens is 350 g/mol. The summed E-state index contributed by atoms with van der Waals surface area (Å²) in [6.45, 7) is 4.62. The minimum Gasteiger partial charge on any atom is -0.507 e. The third kappa shape index (κ3) is 3.81. The molecule has 28 heavy (non-hydrogen) atoms. The van der Waals surface area contributed by atoms with Crippen LogP contribution in [-0.2, 0) is 0 Å². The largest absolute Gasteiger partial charge is 0.507 e. The van der Waals surface area contributed by atoms with Gasteiger partial charge in [0, 0.05) is 24.0 Å². The van der Waals surface area contributed by atoms with Crippen molar-refractivity contribution in [2.24, 2.45) is 5.41 Å². The minimum atomic E-state index is 0.138. The number of aromatic hydroxyl groups is 1. The molecule has 0 amide bonds. The Morgan fingerprint density at radius 2 is 2.18 bits per heavy atom. The van der Waals surface area contributed by atoms with Crippen molar-refractivity contribution in [3.05, 3.63) is 54.5 Å². The van der Waals surface area contributed by atoms with E-state index in [9.17, 15) is 5.11 Å². The molecule has 0 aliphatic heterocycles. The molecule has 6 nitrogen and oxygen atoms in total. The Bertz CT molecular complexity index is 979. The van der Waals surface area contributed by atoms with Gasteiger partial charge in [-0.1, -0.05) is 25.8 Å². The number of phenols is 1. The Morgan fingerprint density at radius 1 is 1.29 bits per heavy atom. The van der Waals surface area contributed by atoms with E-state index in [1.165, 1.54) is 24.8 Å². The van der Waals surface area contributed by atoms with E-state index < -0.39 is 0 Å². The molecule has 144 valence electrons. The van der Waals surface area contributed by atoms with Gasteiger partial charge in [0.15, 0.2) is 5.82 Å². The highest BCUT2D eigenvalue weighted by Crippen LogP contribution is 2.41. The zero-order valence-corrected chi connectivity index (χ0v) is 16.3. The molecule has 1 N–H and O–H groups in total. The van der Waals surface area contributed by atoms with Crippen molar-refractivity contribution in [2.45, 2.75) is 46.0 Å². The normalized spacial score (nSPS) is 21.1. The van der Waals surface area contributed by atoms with Crippen LogP contribution in [0.15, 0.2) is 48.7 Å². The van der Waals surface area contributed by atoms with Gasteiger partial charge in [-0.05, 0) is 49.3 Å². The summed E-state index contributed by atoms with van der Waals surface area (Å²) in [5.41, 5.74) is 3.79. The van der Waals surface area contributed by atoms with Crippen LogP contribution < -0.4 is 0 Å². The molecule has 0 bridgehead atoms. The smallest absolute Gasteiger partial charge is 0.174 e. The van der Waals surface area contributed by atoms with Crippen molar-refractivity contribution in [1.82, 2.24) is 24.7 Å². The van der Waals surface area contributed by atoms with E-state index in [2.05, 4.69) is 40.1 Å². The van der Waals surface area contributed by atoms with Crippen molar-refractivity contribution in [1.29, 1.82) is 0 Å². The fourth-order valence-electron chi connectivity index (χ4n) is 3.86. The predicted octanol–water partition coefficient (Wildman–Crippen LogP) is 4.80. The molecule has 2 aromatic heterocycles. The van der Waals surface area contributed by atoms with Gasteiger partial charge < -0.3 is 9.67 Å². The summed E-state index contributed by atoms with van der Waals surface area (Å²) in [6.07, 6.45) is 14.9. The second-order valence-corrected chi connectivity index (χ2v) is 7.87. The standard InChI is InChI=1S/C22H25N5O/c1-3-22(2)8-4-5-16(13-22)11-21-24-14-19(25-26-21)18-7-6-17(12-20(18)28)27-10-9-23-15-27/h6-7,9-12,14-15,28H,3-5,8,13H2,1-2H3/b16-11+/t22-/m0/s1. The first kappa shape index (κ1) is 18.3. The lowest BCUT2D eigenvalue weighted by molar-refractivity contribution is 0.247. The molecule has 2 heterocycles. The lowest BCUT2D eigenvalue weighted by Crippen LogP contribution is -2.20. The second kappa shape index (κ2) is 7.54. The first-order valence-electron chi connectivity index (χ1n) is 9.77. The zero-order chi connectivity index (χ0) is 19.6. The summed E-state index contributed by atoms with van der Waals surface area (Å²) in [7, 11) is 0. The van der Waals surface area contributed by atoms with Crippen LogP contribution in [0, 0.1) is 5.41 Å². The van der Waals surface area contributed by atoms with Gasteiger partial charge in [0.05, 0.1) is 18.2 Å². The molecule has 0 spiro atoms. The fraction of sp³-hybridized carbons (Fsp3) is 0.364. The Morgan fingerprint density at radius 3 is 2.86 bits per heavy atom. The number of phenolic OH excluding ortho intramolecular Hbond substituents is 1. The van der Waals surface area contributed by atoms with Gasteiger partial charge in [-0.3, -0.25) is 0 Å². The average molecular weight is 375 g/mol. The number of nitrogens with zero attached hydrogens (tertiary/aromatic N) is 5. The molecule has 1 aliphatic rings. The summed E-state index contributed by atoms with van der Waals surface area (Å²) in [5.74, 6) is 0.771. The summed E-state index contributed by atoms with van der Waals surface area (Å²) < 4.78 is 1.83. The van der Waals surface area contributed by atoms with Crippen molar-refractivity contribution >= 4 is 6.08 Å². The van der Waals surface area contributed by atoms with Crippen LogP contribution in [0.3, 0.4) is 0 Å². The Hall–Kier alpha value is -3.02. The van der Waals surface area contributed by atoms with Crippen molar-refractivity contribution in [2.75, 3.05) is 0 Å². The molecule has 0 saturated heterocycles. The van der Waals surface area contributed by atoms with Crippen LogP contribution in [0.25, 0.3) is 23.0 Å². The number of hydrogen-bond donors (Lipinski definition) is 1. The fourth-order valence-corrected chi connectivity index (χ4v) is 3.86. The molecule has 3 aromatic rings. The molecule has 1 atom stereocenters. The van der Waals surface area contributed by atoms with E-state index >= 15 is 0 Å². The van der Waals surface area contributed by atoms with E-state index in [0.29, 0.717) is 22.5 Å². The molecule has 1 aromatic carbocycles. The number of aromatic nitrogens is 5. The molecule has 1 aliphatic carbocycles. The summed E-state index contributed by atoms with van der Waals surface area (Å²) in [6, 6.07) is 5.41. The quantitative estimate of drug-likeness (QED) is 0.708. The van der Waals surface area contributed by atoms with Gasteiger partial charge in [0.2, 0.25) is 0 Å². The maximum Gasteiger partial charge on any atom is 0.174 e. The second-order valence-electron chi connectivity index (χ2n) is 7.87. The van der Waals surface area contributed by atoms with Gasteiger partial charge in [-0.2, -0.15) is 0 Å². The number of hydrogen-bond acceptors (Lipinski definition) is 5. The van der Waals surface area contributed by atoms with Crippen molar-refractivity contribution < 1.29 is 5.11 Å². The molecule has 0 radical (unpaired) electrons. The van der Waals surface area contributed by atoms with Gasteiger partial charge in [-0.15, -0.1) is 10.2 Å². The highest BCUT2D eigenvalue weighted by Gasteiger charge is 2.27. The number of allylic oxidation sites excluding steroid dienone is 1. The lowest BCUT2D eigenvalue weighted by atomic mass is 9.72. The molecule has 0 unspecified atom stereocenters. The molecule has 1 saturated carbocycles. The maximum absolute atomic E-state index is 10.4. The van der Waals surface area contributed by atoms with Crippen molar-refractivity contribution in [3.63, 3.8) is 0 Å². The van der Waals surface area contributed by atoms with Gasteiger partial charge in [0.1, 0.15) is 11.4 Å². The van der Waals surface area contributed by atoms with E-state index in [4.69, 9.17) is 0 Å². The topological polar surface area (TPSA) is 76.7 Å². The summed E-state index contributed by atoms with van der Waals surface area (Å²) >= 11 is 0. The highest BCUT2D eigenvalue weighted by molar-refractivity contribution is 5.68. The number of benzene rings is 1. The zero-order valence-electron chi connectivity index (χ0n) is 16.3. The first-order chi connectivity index (χ1) is 13.6. The van der Waals surface area contributed by atoms with Gasteiger partial charge in [-0.25, -0.2) is 9.97 Å². The van der Waals surface area contributed by atoms with E-state index in [1.807, 2.05) is 22.9 Å². The van der Waals surface area contributed by atoms with Gasteiger partial charge in [0.25, 0.3) is 0 Å². The molecule has 4 rings (SSSR count). The van der Waals surface area contributed by atoms with E-state index in [-0.39, 0.29) is 5.75 Å². The Kier molecular flexibility index (Phi) is 4.94. The van der Waals surface area contributed by atoms with Crippen LogP contribution >= 0.6 is 0 Å². The Balaban J connectivity index is 1.54. The summed E-state index contributed by atoms with van der Waals surface area (Å²) in [5, 5.41) is 19.0. The molecule has 6 heteroatoms. The number of rotatable bonds is 4. The van der Waals surface area contributed by atoms with Gasteiger partial charge >= 0.3 is 0 Å². The third-order valence-electron chi connectivity index (χ3n) is 5.76. The molecular formula is C22H25N5O. The van der Waals surface area contributed by atoms with Crippen LogP contribution in [0.4, 0.5) is 0 Å². The lowest BCUT2D eigenvalue weighted by Gasteiger charge is -2.34. The maximum atomic E-state index is 10.4. The Labute approximate surface area is 165 Å². The van der Waals surface area contributed by atoms with Crippen molar-refractivity contribution in [3.8, 4) is 22.7 Å². The SMILES string of the molecule is CC[C@@]1(C)CCC/C(=C\c2ncc(-c3ccc(-n4ccnc4)cc3O)nn2)C1. The van der Waals surface area contributed by atoms with Crippen LogP contribution in [0.1, 0.15) is 51.8 Å². The average Bonchev–Trinajstić information content (AvgIpc) is 3.24. The molecule has 1 fully saturated rings. The van der Waals surface area contributed by atoms with Crippen LogP contribution in [0.2, 0.25) is 0 Å². The first-order valence-corrected chi connectivity index (χ1v) is 9.77. The van der Waals surface area contributed by atoms with Crippen LogP contribution in [-0.4, -0.2) is 29.8 Å². The highest BCUT2D eigenvalue weighted by atomic mass is 16.3. The van der Waals surface area contributed by atoms with Crippen LogP contribution in [0.5, 0.6) is 5.75 Å². The third-order valence-corrected chi connectivity index (χ3v) is 5.76. The predicted molar refractivity (Wildman–Crippen MR) is 109 cm³/mol. The minimum absolute atomic E-state index is 0.138.